The van der Waals surface area contributed by atoms with Crippen molar-refractivity contribution in [2.75, 3.05) is 0 Å². The summed E-state index contributed by atoms with van der Waals surface area (Å²) in [5.41, 5.74) is 1.05. The second-order valence-corrected chi connectivity index (χ2v) is 5.80. The van der Waals surface area contributed by atoms with Crippen LogP contribution in [0.15, 0.2) is 6.33 Å². The van der Waals surface area contributed by atoms with Crippen LogP contribution in [0, 0.1) is 0 Å². The normalized spacial score (nSPS) is 21.3. The molecule has 0 saturated carbocycles. The molecule has 9 nitrogen and oxygen atoms in total. The molecule has 0 unspecified atom stereocenters. The highest BCUT2D eigenvalue weighted by atomic mass is 35.5. The fourth-order valence-electron chi connectivity index (χ4n) is 2.60. The molecule has 0 bridgehead atoms. The predicted octanol–water partition coefficient (Wildman–Crippen LogP) is 2.19. The van der Waals surface area contributed by atoms with Crippen molar-refractivity contribution in [1.82, 2.24) is 39.7 Å². The lowest BCUT2D eigenvalue weighted by atomic mass is 10.2. The maximum atomic E-state index is 6.04. The Morgan fingerprint density at radius 1 is 1.30 bits per heavy atom. The van der Waals surface area contributed by atoms with Gasteiger partial charge in [0.2, 0.25) is 11.1 Å². The van der Waals surface area contributed by atoms with Crippen LogP contribution in [-0.2, 0) is 11.3 Å². The summed E-state index contributed by atoms with van der Waals surface area (Å²) in [5, 5.41) is 12.6. The summed E-state index contributed by atoms with van der Waals surface area (Å²) in [6.07, 6.45) is 2.75. The van der Waals surface area contributed by atoms with Crippen LogP contribution in [0.1, 0.15) is 37.9 Å². The lowest BCUT2D eigenvalue weighted by Gasteiger charge is -2.13. The number of hydrogen-bond acceptors (Lipinski definition) is 7. The topological polar surface area (TPSA) is 96.4 Å². The SMILES string of the molecule is CCn1nnc([C@H]2CC[C@H](n3cnc4c(Cl)nc(Cl)nc43)O2)n1. The molecule has 120 valence electrons. The van der Waals surface area contributed by atoms with Gasteiger partial charge in [0.05, 0.1) is 12.9 Å². The highest BCUT2D eigenvalue weighted by molar-refractivity contribution is 6.35. The van der Waals surface area contributed by atoms with Crippen molar-refractivity contribution >= 4 is 34.4 Å². The van der Waals surface area contributed by atoms with E-state index in [9.17, 15) is 0 Å². The van der Waals surface area contributed by atoms with E-state index in [4.69, 9.17) is 27.9 Å². The number of aromatic nitrogens is 8. The monoisotopic (exact) mass is 354 g/mol. The molecule has 3 aromatic rings. The van der Waals surface area contributed by atoms with Crippen molar-refractivity contribution in [3.05, 3.63) is 22.6 Å². The fraction of sp³-hybridized carbons (Fsp3) is 0.500. The predicted molar refractivity (Wildman–Crippen MR) is 80.9 cm³/mol. The summed E-state index contributed by atoms with van der Waals surface area (Å²) in [5.74, 6) is 0.587. The minimum absolute atomic E-state index is 0.0753. The van der Waals surface area contributed by atoms with E-state index in [2.05, 4.69) is 30.4 Å². The van der Waals surface area contributed by atoms with Crippen molar-refractivity contribution in [3.8, 4) is 0 Å². The number of tetrazole rings is 1. The molecule has 0 spiro atoms. The first-order chi connectivity index (χ1) is 11.2. The highest BCUT2D eigenvalue weighted by Gasteiger charge is 2.32. The van der Waals surface area contributed by atoms with Gasteiger partial charge in [-0.25, -0.2) is 9.97 Å². The zero-order chi connectivity index (χ0) is 16.0. The fourth-order valence-corrected chi connectivity index (χ4v) is 3.02. The molecule has 3 aromatic heterocycles. The molecule has 1 aliphatic rings. The Balaban J connectivity index is 1.62. The molecule has 1 saturated heterocycles. The zero-order valence-electron chi connectivity index (χ0n) is 12.1. The number of fused-ring (bicyclic) bond motifs is 1. The average Bonchev–Trinajstić information content (AvgIpc) is 3.25. The zero-order valence-corrected chi connectivity index (χ0v) is 13.6. The molecule has 0 aliphatic carbocycles. The molecule has 0 N–H and O–H groups in total. The molecule has 2 atom stereocenters. The second-order valence-electron chi connectivity index (χ2n) is 5.10. The Morgan fingerprint density at radius 3 is 2.96 bits per heavy atom. The first-order valence-electron chi connectivity index (χ1n) is 7.14. The molecular weight excluding hydrogens is 343 g/mol. The number of hydrogen-bond donors (Lipinski definition) is 0. The van der Waals surface area contributed by atoms with Gasteiger partial charge in [0.1, 0.15) is 17.8 Å². The molecule has 11 heteroatoms. The van der Waals surface area contributed by atoms with E-state index in [1.807, 2.05) is 6.92 Å². The van der Waals surface area contributed by atoms with Crippen LogP contribution >= 0.6 is 23.2 Å². The van der Waals surface area contributed by atoms with Gasteiger partial charge in [-0.1, -0.05) is 11.6 Å². The number of rotatable bonds is 3. The first kappa shape index (κ1) is 14.7. The molecule has 0 aromatic carbocycles. The highest BCUT2D eigenvalue weighted by Crippen LogP contribution is 2.38. The van der Waals surface area contributed by atoms with Crippen LogP contribution in [-0.4, -0.2) is 39.7 Å². The Morgan fingerprint density at radius 2 is 2.17 bits per heavy atom. The van der Waals surface area contributed by atoms with Crippen LogP contribution in [0.4, 0.5) is 0 Å². The van der Waals surface area contributed by atoms with Gasteiger partial charge in [-0.15, -0.1) is 10.2 Å². The quantitative estimate of drug-likeness (QED) is 0.525. The molecule has 4 heterocycles. The van der Waals surface area contributed by atoms with E-state index in [0.717, 1.165) is 12.8 Å². The van der Waals surface area contributed by atoms with E-state index < -0.39 is 0 Å². The maximum Gasteiger partial charge on any atom is 0.225 e. The molecule has 1 fully saturated rings. The summed E-state index contributed by atoms with van der Waals surface area (Å²) in [4.78, 5) is 13.9. The third kappa shape index (κ3) is 2.54. The van der Waals surface area contributed by atoms with Crippen molar-refractivity contribution < 1.29 is 4.74 Å². The molecule has 0 amide bonds. The lowest BCUT2D eigenvalue weighted by Crippen LogP contribution is -2.09. The molecule has 1 aliphatic heterocycles. The summed E-state index contributed by atoms with van der Waals surface area (Å²) < 4.78 is 7.84. The van der Waals surface area contributed by atoms with Gasteiger partial charge < -0.3 is 4.74 Å². The molecule has 23 heavy (non-hydrogen) atoms. The third-order valence-electron chi connectivity index (χ3n) is 3.70. The number of imidazole rings is 1. The van der Waals surface area contributed by atoms with Crippen LogP contribution in [0.5, 0.6) is 0 Å². The van der Waals surface area contributed by atoms with Crippen molar-refractivity contribution in [2.24, 2.45) is 0 Å². The van der Waals surface area contributed by atoms with Gasteiger partial charge in [-0.05, 0) is 36.6 Å². The summed E-state index contributed by atoms with van der Waals surface area (Å²) in [7, 11) is 0. The lowest BCUT2D eigenvalue weighted by molar-refractivity contribution is -0.000976. The van der Waals surface area contributed by atoms with Gasteiger partial charge in [-0.3, -0.25) is 4.57 Å². The minimum atomic E-state index is -0.236. The van der Waals surface area contributed by atoms with E-state index in [0.29, 0.717) is 23.5 Å². The largest absolute Gasteiger partial charge is 0.347 e. The molecule has 0 radical (unpaired) electrons. The van der Waals surface area contributed by atoms with Gasteiger partial charge in [-0.2, -0.15) is 9.78 Å². The summed E-state index contributed by atoms with van der Waals surface area (Å²) in [6, 6.07) is 0. The van der Waals surface area contributed by atoms with Crippen molar-refractivity contribution in [1.29, 1.82) is 0 Å². The van der Waals surface area contributed by atoms with Crippen LogP contribution in [0.3, 0.4) is 0 Å². The Labute approximate surface area is 140 Å². The van der Waals surface area contributed by atoms with E-state index >= 15 is 0 Å². The third-order valence-corrected chi connectivity index (χ3v) is 4.13. The van der Waals surface area contributed by atoms with Crippen LogP contribution in [0.25, 0.3) is 11.2 Å². The second kappa shape index (κ2) is 5.66. The van der Waals surface area contributed by atoms with E-state index in [-0.39, 0.29) is 22.8 Å². The van der Waals surface area contributed by atoms with E-state index in [1.54, 1.807) is 10.9 Å². The number of nitrogens with zero attached hydrogens (tertiary/aromatic N) is 8. The number of halogens is 2. The van der Waals surface area contributed by atoms with Gasteiger partial charge >= 0.3 is 0 Å². The number of ether oxygens (including phenoxy) is 1. The summed E-state index contributed by atoms with van der Waals surface area (Å²) in [6.45, 7) is 2.62. The van der Waals surface area contributed by atoms with Crippen molar-refractivity contribution in [3.63, 3.8) is 0 Å². The van der Waals surface area contributed by atoms with Gasteiger partial charge in [0.25, 0.3) is 0 Å². The van der Waals surface area contributed by atoms with Gasteiger partial charge in [0.15, 0.2) is 10.8 Å². The maximum absolute atomic E-state index is 6.04. The smallest absolute Gasteiger partial charge is 0.225 e. The Kier molecular flexibility index (Phi) is 3.63. The van der Waals surface area contributed by atoms with Gasteiger partial charge in [0, 0.05) is 0 Å². The average molecular weight is 355 g/mol. The Bertz CT molecular complexity index is 862. The Hall–Kier alpha value is -1.84. The van der Waals surface area contributed by atoms with Crippen LogP contribution < -0.4 is 0 Å². The molecule has 4 rings (SSSR count). The van der Waals surface area contributed by atoms with Crippen LogP contribution in [0.2, 0.25) is 10.4 Å². The van der Waals surface area contributed by atoms with E-state index in [1.165, 1.54) is 4.80 Å². The number of aryl methyl sites for hydroxylation is 1. The summed E-state index contributed by atoms with van der Waals surface area (Å²) >= 11 is 11.9. The molecular formula is C12H12Cl2N8O. The first-order valence-corrected chi connectivity index (χ1v) is 7.90. The van der Waals surface area contributed by atoms with Crippen molar-refractivity contribution in [2.45, 2.75) is 38.6 Å². The minimum Gasteiger partial charge on any atom is -0.347 e. The standard InChI is InChI=1S/C12H12Cl2N8O/c1-2-22-19-10(18-20-22)6-3-4-7(23-6)21-5-15-8-9(13)16-12(14)17-11(8)21/h5-7H,2-4H2,1H3/t6-,7-/m1/s1.